The molecular formula is C17H19BrN2O3S2. The third kappa shape index (κ3) is 4.99. The molecule has 0 bridgehead atoms. The zero-order valence-electron chi connectivity index (χ0n) is 14.0. The number of benzene rings is 2. The molecular weight excluding hydrogens is 424 g/mol. The maximum atomic E-state index is 12.7. The Balaban J connectivity index is 2.38. The number of hydrogen-bond donors (Lipinski definition) is 2. The summed E-state index contributed by atoms with van der Waals surface area (Å²) in [5.74, 6) is -0.364. The van der Waals surface area contributed by atoms with Crippen LogP contribution in [-0.2, 0) is 14.8 Å². The predicted molar refractivity (Wildman–Crippen MR) is 107 cm³/mol. The van der Waals surface area contributed by atoms with Crippen LogP contribution in [0.5, 0.6) is 0 Å². The largest absolute Gasteiger partial charge is 0.325 e. The van der Waals surface area contributed by atoms with E-state index in [4.69, 9.17) is 0 Å². The number of sulfonamides is 1. The summed E-state index contributed by atoms with van der Waals surface area (Å²) < 4.78 is 28.5. The first-order valence-corrected chi connectivity index (χ1v) is 11.0. The summed E-state index contributed by atoms with van der Waals surface area (Å²) >= 11 is 4.76. The molecule has 0 heterocycles. The fraction of sp³-hybridized carbons (Fsp3) is 0.235. The fourth-order valence-electron chi connectivity index (χ4n) is 1.98. The molecule has 2 aromatic rings. The number of nitrogens with one attached hydrogen (secondary N) is 2. The molecule has 5 nitrogen and oxygen atoms in total. The molecule has 8 heteroatoms. The fourth-order valence-corrected chi connectivity index (χ4v) is 4.13. The van der Waals surface area contributed by atoms with Crippen molar-refractivity contribution < 1.29 is 13.2 Å². The van der Waals surface area contributed by atoms with Crippen molar-refractivity contribution in [2.24, 2.45) is 5.92 Å². The van der Waals surface area contributed by atoms with Crippen molar-refractivity contribution >= 4 is 55.0 Å². The molecule has 2 N–H and O–H groups in total. The number of thioether (sulfide) groups is 1. The van der Waals surface area contributed by atoms with Crippen LogP contribution in [-0.4, -0.2) is 20.6 Å². The van der Waals surface area contributed by atoms with Crippen LogP contribution in [0.25, 0.3) is 0 Å². The molecule has 0 fully saturated rings. The summed E-state index contributed by atoms with van der Waals surface area (Å²) in [7, 11) is -3.78. The molecule has 2 rings (SSSR count). The standard InChI is InChI=1S/C17H19BrN2O3S2/c1-11(2)17(21)19-15-10-12(8-9-16(15)24-3)25(22,23)20-14-7-5-4-6-13(14)18/h4-11,20H,1-3H3,(H,19,21). The Labute approximate surface area is 160 Å². The summed E-state index contributed by atoms with van der Waals surface area (Å²) in [5, 5.41) is 2.79. The van der Waals surface area contributed by atoms with Gasteiger partial charge in [-0.05, 0) is 52.5 Å². The van der Waals surface area contributed by atoms with Crippen LogP contribution in [0.2, 0.25) is 0 Å². The molecule has 1 amide bonds. The van der Waals surface area contributed by atoms with E-state index in [1.54, 1.807) is 44.2 Å². The molecule has 0 saturated heterocycles. The lowest BCUT2D eigenvalue weighted by Crippen LogP contribution is -2.19. The first kappa shape index (κ1) is 19.8. The van der Waals surface area contributed by atoms with Crippen molar-refractivity contribution in [2.45, 2.75) is 23.6 Å². The van der Waals surface area contributed by atoms with Gasteiger partial charge in [0.2, 0.25) is 5.91 Å². The number of carbonyl (C=O) groups excluding carboxylic acids is 1. The molecule has 0 unspecified atom stereocenters. The van der Waals surface area contributed by atoms with Gasteiger partial charge in [0.15, 0.2) is 0 Å². The maximum absolute atomic E-state index is 12.7. The molecule has 0 radical (unpaired) electrons. The van der Waals surface area contributed by atoms with Crippen molar-refractivity contribution in [3.63, 3.8) is 0 Å². The lowest BCUT2D eigenvalue weighted by Gasteiger charge is -2.14. The Morgan fingerprint density at radius 2 is 1.80 bits per heavy atom. The molecule has 0 aliphatic carbocycles. The lowest BCUT2D eigenvalue weighted by molar-refractivity contribution is -0.118. The van der Waals surface area contributed by atoms with Crippen LogP contribution in [0.15, 0.2) is 56.7 Å². The minimum absolute atomic E-state index is 0.0834. The van der Waals surface area contributed by atoms with E-state index in [-0.39, 0.29) is 16.7 Å². The van der Waals surface area contributed by atoms with Crippen LogP contribution in [0.3, 0.4) is 0 Å². The van der Waals surface area contributed by atoms with Gasteiger partial charge < -0.3 is 5.32 Å². The Morgan fingerprint density at radius 3 is 2.40 bits per heavy atom. The second kappa shape index (κ2) is 8.25. The number of amides is 1. The molecule has 0 atom stereocenters. The Morgan fingerprint density at radius 1 is 1.12 bits per heavy atom. The molecule has 0 aliphatic rings. The maximum Gasteiger partial charge on any atom is 0.262 e. The number of para-hydroxylation sites is 1. The van der Waals surface area contributed by atoms with E-state index in [9.17, 15) is 13.2 Å². The van der Waals surface area contributed by atoms with E-state index in [2.05, 4.69) is 26.0 Å². The minimum atomic E-state index is -3.78. The monoisotopic (exact) mass is 442 g/mol. The van der Waals surface area contributed by atoms with Gasteiger partial charge in [0.05, 0.1) is 16.3 Å². The first-order chi connectivity index (χ1) is 11.7. The van der Waals surface area contributed by atoms with Gasteiger partial charge in [-0.25, -0.2) is 8.42 Å². The minimum Gasteiger partial charge on any atom is -0.325 e. The highest BCUT2D eigenvalue weighted by Gasteiger charge is 2.18. The molecule has 0 aliphatic heterocycles. The highest BCUT2D eigenvalue weighted by atomic mass is 79.9. The van der Waals surface area contributed by atoms with Gasteiger partial charge >= 0.3 is 0 Å². The molecule has 0 saturated carbocycles. The summed E-state index contributed by atoms with van der Waals surface area (Å²) in [6, 6.07) is 11.7. The molecule has 25 heavy (non-hydrogen) atoms. The Hall–Kier alpha value is -1.51. The van der Waals surface area contributed by atoms with Gasteiger partial charge in [0, 0.05) is 15.3 Å². The first-order valence-electron chi connectivity index (χ1n) is 7.51. The second-order valence-electron chi connectivity index (χ2n) is 5.59. The van der Waals surface area contributed by atoms with E-state index in [1.807, 2.05) is 6.26 Å². The number of hydrogen-bond acceptors (Lipinski definition) is 4. The SMILES string of the molecule is CSc1ccc(S(=O)(=O)Nc2ccccc2Br)cc1NC(=O)C(C)C. The third-order valence-electron chi connectivity index (χ3n) is 3.38. The number of anilines is 2. The molecule has 2 aromatic carbocycles. The molecule has 0 spiro atoms. The average molecular weight is 443 g/mol. The van der Waals surface area contributed by atoms with Crippen LogP contribution in [0.4, 0.5) is 11.4 Å². The van der Waals surface area contributed by atoms with E-state index >= 15 is 0 Å². The summed E-state index contributed by atoms with van der Waals surface area (Å²) in [4.78, 5) is 12.9. The van der Waals surface area contributed by atoms with Crippen molar-refractivity contribution in [1.82, 2.24) is 0 Å². The van der Waals surface area contributed by atoms with Crippen LogP contribution in [0.1, 0.15) is 13.8 Å². The zero-order valence-corrected chi connectivity index (χ0v) is 17.3. The van der Waals surface area contributed by atoms with Crippen molar-refractivity contribution in [2.75, 3.05) is 16.3 Å². The van der Waals surface area contributed by atoms with Gasteiger partial charge in [-0.3, -0.25) is 9.52 Å². The topological polar surface area (TPSA) is 75.3 Å². The van der Waals surface area contributed by atoms with Crippen LogP contribution in [0, 0.1) is 5.92 Å². The van der Waals surface area contributed by atoms with Gasteiger partial charge in [-0.2, -0.15) is 0 Å². The van der Waals surface area contributed by atoms with E-state index in [1.165, 1.54) is 23.9 Å². The van der Waals surface area contributed by atoms with Gasteiger partial charge in [-0.1, -0.05) is 26.0 Å². The van der Waals surface area contributed by atoms with Gasteiger partial charge in [0.25, 0.3) is 10.0 Å². The highest BCUT2D eigenvalue weighted by molar-refractivity contribution is 9.10. The van der Waals surface area contributed by atoms with Crippen molar-refractivity contribution in [3.8, 4) is 0 Å². The van der Waals surface area contributed by atoms with Crippen LogP contribution >= 0.6 is 27.7 Å². The van der Waals surface area contributed by atoms with Gasteiger partial charge in [-0.15, -0.1) is 11.8 Å². The highest BCUT2D eigenvalue weighted by Crippen LogP contribution is 2.30. The quantitative estimate of drug-likeness (QED) is 0.642. The third-order valence-corrected chi connectivity index (χ3v) is 6.23. The summed E-state index contributed by atoms with van der Waals surface area (Å²) in [5.41, 5.74) is 0.936. The number of carbonyl (C=O) groups is 1. The Kier molecular flexibility index (Phi) is 6.53. The average Bonchev–Trinajstić information content (AvgIpc) is 2.56. The summed E-state index contributed by atoms with van der Waals surface area (Å²) in [6.45, 7) is 3.56. The van der Waals surface area contributed by atoms with Gasteiger partial charge in [0.1, 0.15) is 0 Å². The van der Waals surface area contributed by atoms with E-state index < -0.39 is 10.0 Å². The zero-order chi connectivity index (χ0) is 18.6. The van der Waals surface area contributed by atoms with E-state index in [0.29, 0.717) is 15.8 Å². The van der Waals surface area contributed by atoms with Crippen molar-refractivity contribution in [1.29, 1.82) is 0 Å². The normalized spacial score (nSPS) is 11.4. The Bertz CT molecular complexity index is 883. The summed E-state index contributed by atoms with van der Waals surface area (Å²) in [6.07, 6.45) is 1.87. The second-order valence-corrected chi connectivity index (χ2v) is 8.98. The van der Waals surface area contributed by atoms with Crippen LogP contribution < -0.4 is 10.0 Å². The molecule has 134 valence electrons. The lowest BCUT2D eigenvalue weighted by atomic mass is 10.2. The molecule has 0 aromatic heterocycles. The van der Waals surface area contributed by atoms with E-state index in [0.717, 1.165) is 4.90 Å². The predicted octanol–water partition coefficient (Wildman–Crippen LogP) is 4.57. The number of rotatable bonds is 6. The smallest absolute Gasteiger partial charge is 0.262 e. The number of halogens is 1. The van der Waals surface area contributed by atoms with Crippen molar-refractivity contribution in [3.05, 3.63) is 46.9 Å².